The molecule has 0 fully saturated rings. The number of Topliss-reactive ketones (excluding diaryl/α,β-unsaturated/α-hetero) is 1. The number of phenolic OH excluding ortho intramolecular Hbond substituents is 1. The average molecular weight is 365 g/mol. The van der Waals surface area contributed by atoms with E-state index in [2.05, 4.69) is 5.32 Å². The molecule has 0 aromatic heterocycles. The molecule has 2 unspecified atom stereocenters. The summed E-state index contributed by atoms with van der Waals surface area (Å²) >= 11 is 0. The average Bonchev–Trinajstić information content (AvgIpc) is 2.65. The standard InChI is InChI=1S/C16H18O5.C2H7N.C2H6/c1-21-14-5-9(7-17)10-3-2-8-4-12(18)13(19)6-11(8)15(10)16(14)20;1-3-2;1-2/h4-5,8,11,17-18,20H,2-3,6-7H2,1H3;3H,1-2H3;1-2H3. The molecule has 6 nitrogen and oxygen atoms in total. The third kappa shape index (κ3) is 4.37. The number of methoxy groups -OCH3 is 1. The molecule has 0 radical (unpaired) electrons. The predicted octanol–water partition coefficient (Wildman–Crippen LogP) is 2.82. The van der Waals surface area contributed by atoms with E-state index in [1.54, 1.807) is 12.1 Å². The highest BCUT2D eigenvalue weighted by atomic mass is 16.5. The molecule has 6 heteroatoms. The van der Waals surface area contributed by atoms with Gasteiger partial charge in [0.2, 0.25) is 0 Å². The van der Waals surface area contributed by atoms with E-state index in [4.69, 9.17) is 4.74 Å². The number of rotatable bonds is 2. The van der Waals surface area contributed by atoms with Crippen LogP contribution in [0.4, 0.5) is 0 Å². The third-order valence-corrected chi connectivity index (χ3v) is 4.58. The van der Waals surface area contributed by atoms with Gasteiger partial charge in [-0.1, -0.05) is 13.8 Å². The number of ether oxygens (including phenoxy) is 1. The molecule has 146 valence electrons. The van der Waals surface area contributed by atoms with Crippen molar-refractivity contribution in [3.8, 4) is 11.5 Å². The Bertz CT molecular complexity index is 654. The predicted molar refractivity (Wildman–Crippen MR) is 102 cm³/mol. The summed E-state index contributed by atoms with van der Waals surface area (Å²) < 4.78 is 5.17. The number of aliphatic hydroxyl groups excluding tert-OH is 2. The molecule has 0 amide bonds. The van der Waals surface area contributed by atoms with E-state index < -0.39 is 0 Å². The molecule has 4 N–H and O–H groups in total. The van der Waals surface area contributed by atoms with Crippen molar-refractivity contribution in [2.24, 2.45) is 5.92 Å². The lowest BCUT2D eigenvalue weighted by Gasteiger charge is -2.35. The molecule has 0 saturated heterocycles. The highest BCUT2D eigenvalue weighted by molar-refractivity contribution is 5.94. The Morgan fingerprint density at radius 1 is 1.27 bits per heavy atom. The maximum absolute atomic E-state index is 11.8. The van der Waals surface area contributed by atoms with Crippen LogP contribution in [0.5, 0.6) is 11.5 Å². The van der Waals surface area contributed by atoms with Crippen LogP contribution in [0, 0.1) is 5.92 Å². The summed E-state index contributed by atoms with van der Waals surface area (Å²) in [6, 6.07) is 1.65. The Hall–Kier alpha value is -2.05. The molecular formula is C20H31NO5. The molecule has 0 aliphatic heterocycles. The van der Waals surface area contributed by atoms with Gasteiger partial charge < -0.3 is 25.4 Å². The fourth-order valence-corrected chi connectivity index (χ4v) is 3.53. The van der Waals surface area contributed by atoms with Crippen LogP contribution in [0.3, 0.4) is 0 Å². The van der Waals surface area contributed by atoms with Crippen molar-refractivity contribution in [2.75, 3.05) is 21.2 Å². The maximum Gasteiger partial charge on any atom is 0.197 e. The van der Waals surface area contributed by atoms with Crippen LogP contribution in [0.1, 0.15) is 49.3 Å². The zero-order chi connectivity index (χ0) is 19.9. The number of carbonyl (C=O) groups is 1. The van der Waals surface area contributed by atoms with Crippen LogP contribution in [0.25, 0.3) is 0 Å². The fraction of sp³-hybridized carbons (Fsp3) is 0.550. The van der Waals surface area contributed by atoms with Crippen molar-refractivity contribution in [1.29, 1.82) is 0 Å². The number of hydrogen-bond acceptors (Lipinski definition) is 6. The summed E-state index contributed by atoms with van der Waals surface area (Å²) in [6.45, 7) is 3.87. The van der Waals surface area contributed by atoms with Gasteiger partial charge in [0.15, 0.2) is 23.0 Å². The highest BCUT2D eigenvalue weighted by Gasteiger charge is 2.38. The smallest absolute Gasteiger partial charge is 0.197 e. The van der Waals surface area contributed by atoms with Gasteiger partial charge in [0.05, 0.1) is 13.7 Å². The van der Waals surface area contributed by atoms with Crippen molar-refractivity contribution >= 4 is 5.78 Å². The van der Waals surface area contributed by atoms with Crippen LogP contribution in [0.2, 0.25) is 0 Å². The van der Waals surface area contributed by atoms with E-state index in [9.17, 15) is 20.1 Å². The summed E-state index contributed by atoms with van der Waals surface area (Å²) in [5, 5.41) is 32.4. The zero-order valence-electron chi connectivity index (χ0n) is 16.3. The van der Waals surface area contributed by atoms with Gasteiger partial charge in [0, 0.05) is 17.9 Å². The molecule has 2 aliphatic carbocycles. The molecule has 2 aliphatic rings. The minimum atomic E-state index is -0.308. The van der Waals surface area contributed by atoms with Crippen LogP contribution in [-0.4, -0.2) is 42.3 Å². The Labute approximate surface area is 155 Å². The molecule has 0 heterocycles. The summed E-state index contributed by atoms with van der Waals surface area (Å²) in [4.78, 5) is 11.8. The highest BCUT2D eigenvalue weighted by Crippen LogP contribution is 2.50. The van der Waals surface area contributed by atoms with Crippen molar-refractivity contribution in [3.05, 3.63) is 34.6 Å². The fourth-order valence-electron chi connectivity index (χ4n) is 3.53. The molecule has 1 aromatic carbocycles. The Morgan fingerprint density at radius 2 is 1.88 bits per heavy atom. The number of ketones is 1. The normalized spacial score (nSPS) is 20.4. The molecule has 0 bridgehead atoms. The minimum Gasteiger partial charge on any atom is -0.505 e. The Morgan fingerprint density at radius 3 is 2.42 bits per heavy atom. The van der Waals surface area contributed by atoms with Crippen LogP contribution < -0.4 is 10.1 Å². The van der Waals surface area contributed by atoms with E-state index in [1.165, 1.54) is 7.11 Å². The van der Waals surface area contributed by atoms with Gasteiger partial charge in [-0.2, -0.15) is 0 Å². The van der Waals surface area contributed by atoms with Gasteiger partial charge in [-0.05, 0) is 56.1 Å². The summed E-state index contributed by atoms with van der Waals surface area (Å²) in [7, 11) is 5.21. The van der Waals surface area contributed by atoms with Gasteiger partial charge in [0.25, 0.3) is 0 Å². The summed E-state index contributed by atoms with van der Waals surface area (Å²) in [6.07, 6.45) is 3.25. The molecular weight excluding hydrogens is 334 g/mol. The monoisotopic (exact) mass is 365 g/mol. The van der Waals surface area contributed by atoms with E-state index in [0.717, 1.165) is 17.5 Å². The van der Waals surface area contributed by atoms with Gasteiger partial charge in [-0.25, -0.2) is 0 Å². The molecule has 26 heavy (non-hydrogen) atoms. The second-order valence-electron chi connectivity index (χ2n) is 6.13. The number of carbonyl (C=O) groups excluding carboxylic acids is 1. The number of allylic oxidation sites excluding steroid dienone is 2. The molecule has 0 spiro atoms. The van der Waals surface area contributed by atoms with Crippen molar-refractivity contribution in [1.82, 2.24) is 5.32 Å². The zero-order valence-corrected chi connectivity index (χ0v) is 16.3. The molecule has 2 atom stereocenters. The van der Waals surface area contributed by atoms with Crippen molar-refractivity contribution in [3.63, 3.8) is 0 Å². The first-order chi connectivity index (χ1) is 12.5. The largest absolute Gasteiger partial charge is 0.505 e. The number of benzene rings is 1. The van der Waals surface area contributed by atoms with Gasteiger partial charge in [0.1, 0.15) is 0 Å². The lowest BCUT2D eigenvalue weighted by atomic mass is 9.69. The lowest BCUT2D eigenvalue weighted by molar-refractivity contribution is -0.119. The second kappa shape index (κ2) is 10.2. The van der Waals surface area contributed by atoms with E-state index >= 15 is 0 Å². The number of nitrogens with one attached hydrogen (secondary N) is 1. The SMILES string of the molecule is CC.CNC.COc1cc(CO)c2c(c1O)C1CC(=O)C(O)=CC1CC2. The first-order valence-corrected chi connectivity index (χ1v) is 9.03. The summed E-state index contributed by atoms with van der Waals surface area (Å²) in [5.74, 6) is -0.273. The van der Waals surface area contributed by atoms with E-state index in [-0.39, 0.29) is 42.2 Å². The number of phenols is 1. The van der Waals surface area contributed by atoms with Crippen LogP contribution in [-0.2, 0) is 17.8 Å². The van der Waals surface area contributed by atoms with Gasteiger partial charge in [-0.15, -0.1) is 0 Å². The van der Waals surface area contributed by atoms with Crippen LogP contribution >= 0.6 is 0 Å². The second-order valence-corrected chi connectivity index (χ2v) is 6.13. The number of aromatic hydroxyl groups is 1. The topological polar surface area (TPSA) is 99.0 Å². The maximum atomic E-state index is 11.8. The van der Waals surface area contributed by atoms with Crippen LogP contribution in [0.15, 0.2) is 17.9 Å². The van der Waals surface area contributed by atoms with E-state index in [1.807, 2.05) is 27.9 Å². The minimum absolute atomic E-state index is 0.0275. The summed E-state index contributed by atoms with van der Waals surface area (Å²) in [5.41, 5.74) is 2.32. The number of hydrogen-bond donors (Lipinski definition) is 4. The third-order valence-electron chi connectivity index (χ3n) is 4.58. The van der Waals surface area contributed by atoms with Gasteiger partial charge in [-0.3, -0.25) is 4.79 Å². The Kier molecular flexibility index (Phi) is 8.61. The molecule has 1 aromatic rings. The molecule has 3 rings (SSSR count). The quantitative estimate of drug-likeness (QED) is 0.643. The first kappa shape index (κ1) is 22.0. The van der Waals surface area contributed by atoms with Crippen molar-refractivity contribution < 1.29 is 24.9 Å². The first-order valence-electron chi connectivity index (χ1n) is 9.03. The molecule has 0 saturated carbocycles. The number of aliphatic hydroxyl groups is 2. The lowest BCUT2D eigenvalue weighted by Crippen LogP contribution is -2.28. The Balaban J connectivity index is 0.000000615. The number of fused-ring (bicyclic) bond motifs is 3. The van der Waals surface area contributed by atoms with E-state index in [0.29, 0.717) is 17.7 Å². The van der Waals surface area contributed by atoms with Gasteiger partial charge >= 0.3 is 0 Å². The van der Waals surface area contributed by atoms with Crippen molar-refractivity contribution in [2.45, 2.75) is 45.6 Å².